The van der Waals surface area contributed by atoms with Crippen molar-refractivity contribution in [1.29, 1.82) is 0 Å². The minimum Gasteiger partial charge on any atom is -0.495 e. The molecule has 29 heavy (non-hydrogen) atoms. The molecule has 0 unspecified atom stereocenters. The van der Waals surface area contributed by atoms with Crippen LogP contribution in [0.2, 0.25) is 0 Å². The highest BCUT2D eigenvalue weighted by atomic mass is 16.5. The first-order valence-corrected chi connectivity index (χ1v) is 9.31. The summed E-state index contributed by atoms with van der Waals surface area (Å²) in [4.78, 5) is 42.7. The molecule has 0 aliphatic heterocycles. The average molecular weight is 396 g/mol. The summed E-state index contributed by atoms with van der Waals surface area (Å²) in [6.45, 7) is 5.35. The van der Waals surface area contributed by atoms with Crippen molar-refractivity contribution in [2.24, 2.45) is 7.05 Å². The van der Waals surface area contributed by atoms with Gasteiger partial charge in [-0.15, -0.1) is 0 Å². The van der Waals surface area contributed by atoms with Crippen LogP contribution in [0, 0.1) is 13.8 Å². The van der Waals surface area contributed by atoms with E-state index >= 15 is 0 Å². The van der Waals surface area contributed by atoms with Gasteiger partial charge in [-0.25, -0.2) is 14.3 Å². The summed E-state index contributed by atoms with van der Waals surface area (Å²) < 4.78 is 7.60. The van der Waals surface area contributed by atoms with Crippen molar-refractivity contribution in [3.63, 3.8) is 0 Å². The van der Waals surface area contributed by atoms with Gasteiger partial charge in [-0.05, 0) is 37.5 Å². The van der Waals surface area contributed by atoms with Crippen molar-refractivity contribution >= 4 is 22.6 Å². The number of carbonyl (C=O) groups excluding carboxylic acids is 1. The molecular weight excluding hydrogens is 372 g/mol. The number of pyridine rings is 1. The van der Waals surface area contributed by atoms with Crippen molar-refractivity contribution in [1.82, 2.24) is 14.1 Å². The van der Waals surface area contributed by atoms with E-state index in [0.717, 1.165) is 21.3 Å². The van der Waals surface area contributed by atoms with E-state index in [9.17, 15) is 14.4 Å². The Morgan fingerprint density at radius 2 is 1.97 bits per heavy atom. The highest BCUT2D eigenvalue weighted by Crippen LogP contribution is 2.25. The predicted molar refractivity (Wildman–Crippen MR) is 112 cm³/mol. The number of ether oxygens (including phenoxy) is 1. The van der Waals surface area contributed by atoms with Gasteiger partial charge in [0, 0.05) is 24.5 Å². The number of carbonyl (C=O) groups is 1. The Kier molecular flexibility index (Phi) is 5.54. The van der Waals surface area contributed by atoms with Crippen LogP contribution in [-0.2, 0) is 24.8 Å². The number of hydrogen-bond donors (Lipinski definition) is 1. The summed E-state index contributed by atoms with van der Waals surface area (Å²) in [5, 5.41) is 2.97. The number of methoxy groups -OCH3 is 1. The van der Waals surface area contributed by atoms with Crippen molar-refractivity contribution in [3.8, 4) is 5.75 Å². The molecule has 1 N–H and O–H groups in total. The number of nitrogens with zero attached hydrogens (tertiary/aromatic N) is 3. The molecule has 8 heteroatoms. The van der Waals surface area contributed by atoms with Gasteiger partial charge in [0.2, 0.25) is 5.91 Å². The summed E-state index contributed by atoms with van der Waals surface area (Å²) in [6.07, 6.45) is 2.21. The fraction of sp³-hybridized carbons (Fsp3) is 0.333. The maximum absolute atomic E-state index is 13.1. The van der Waals surface area contributed by atoms with Crippen LogP contribution in [0.25, 0.3) is 11.0 Å². The van der Waals surface area contributed by atoms with Crippen LogP contribution in [0.15, 0.2) is 34.0 Å². The van der Waals surface area contributed by atoms with Crippen molar-refractivity contribution in [3.05, 3.63) is 61.9 Å². The lowest BCUT2D eigenvalue weighted by Gasteiger charge is -2.15. The topological polar surface area (TPSA) is 95.2 Å². The van der Waals surface area contributed by atoms with Crippen LogP contribution in [0.4, 0.5) is 5.69 Å². The van der Waals surface area contributed by atoms with E-state index in [-0.39, 0.29) is 11.0 Å². The number of benzene rings is 1. The second kappa shape index (κ2) is 7.90. The van der Waals surface area contributed by atoms with E-state index in [1.807, 2.05) is 32.9 Å². The maximum atomic E-state index is 13.1. The molecule has 2 aromatic heterocycles. The van der Waals surface area contributed by atoms with Gasteiger partial charge in [-0.2, -0.15) is 0 Å². The predicted octanol–water partition coefficient (Wildman–Crippen LogP) is 1.92. The third-order valence-corrected chi connectivity index (χ3v) is 5.15. The van der Waals surface area contributed by atoms with Crippen LogP contribution in [-0.4, -0.2) is 27.1 Å². The molecule has 3 rings (SSSR count). The molecular formula is C21H24N4O4. The van der Waals surface area contributed by atoms with E-state index in [0.29, 0.717) is 17.9 Å². The zero-order valence-electron chi connectivity index (χ0n) is 17.2. The number of rotatable bonds is 5. The van der Waals surface area contributed by atoms with Crippen LogP contribution in [0.5, 0.6) is 5.75 Å². The molecule has 8 nitrogen and oxygen atoms in total. The molecule has 0 fully saturated rings. The Hall–Kier alpha value is -3.42. The van der Waals surface area contributed by atoms with E-state index in [2.05, 4.69) is 10.3 Å². The van der Waals surface area contributed by atoms with Crippen molar-refractivity contribution in [2.75, 3.05) is 12.4 Å². The molecule has 1 amide bonds. The van der Waals surface area contributed by atoms with Gasteiger partial charge >= 0.3 is 5.69 Å². The highest BCUT2D eigenvalue weighted by Gasteiger charge is 2.20. The Balaban J connectivity index is 2.10. The van der Waals surface area contributed by atoms with E-state index in [1.165, 1.54) is 18.7 Å². The first kappa shape index (κ1) is 20.3. The number of aryl methyl sites for hydroxylation is 3. The molecule has 0 aliphatic rings. The van der Waals surface area contributed by atoms with Gasteiger partial charge < -0.3 is 10.1 Å². The van der Waals surface area contributed by atoms with Gasteiger partial charge in [-0.1, -0.05) is 19.1 Å². The third kappa shape index (κ3) is 3.53. The second-order valence-electron chi connectivity index (χ2n) is 6.90. The summed E-state index contributed by atoms with van der Waals surface area (Å²) in [5.74, 6) is -0.0855. The molecule has 0 saturated carbocycles. The quantitative estimate of drug-likeness (QED) is 0.711. The molecule has 0 bridgehead atoms. The van der Waals surface area contributed by atoms with Crippen LogP contribution >= 0.6 is 0 Å². The lowest BCUT2D eigenvalue weighted by Crippen LogP contribution is -2.42. The van der Waals surface area contributed by atoms with E-state index in [1.54, 1.807) is 12.3 Å². The van der Waals surface area contributed by atoms with Gasteiger partial charge in [0.25, 0.3) is 5.56 Å². The van der Waals surface area contributed by atoms with Crippen LogP contribution < -0.4 is 21.3 Å². The average Bonchev–Trinajstić information content (AvgIpc) is 2.71. The van der Waals surface area contributed by atoms with Crippen molar-refractivity contribution in [2.45, 2.75) is 33.7 Å². The Bertz CT molecular complexity index is 1220. The summed E-state index contributed by atoms with van der Waals surface area (Å²) in [6, 6.07) is 5.56. The first-order chi connectivity index (χ1) is 13.8. The monoisotopic (exact) mass is 396 g/mol. The zero-order valence-corrected chi connectivity index (χ0v) is 17.2. The lowest BCUT2D eigenvalue weighted by molar-refractivity contribution is -0.116. The van der Waals surface area contributed by atoms with E-state index in [4.69, 9.17) is 4.74 Å². The number of aromatic nitrogens is 3. The normalized spacial score (nSPS) is 10.9. The summed E-state index contributed by atoms with van der Waals surface area (Å²) in [7, 11) is 2.98. The Labute approximate surface area is 167 Å². The molecule has 0 atom stereocenters. The third-order valence-electron chi connectivity index (χ3n) is 5.15. The smallest absolute Gasteiger partial charge is 0.332 e. The SMILES string of the molecule is CCc1cnc2c(c1OC)c(=O)n(CC(=O)Nc1cccc(C)c1C)c(=O)n2C. The molecule has 0 aliphatic carbocycles. The van der Waals surface area contributed by atoms with Crippen molar-refractivity contribution < 1.29 is 9.53 Å². The number of hydrogen-bond acceptors (Lipinski definition) is 5. The number of fused-ring (bicyclic) bond motifs is 1. The van der Waals surface area contributed by atoms with Crippen LogP contribution in [0.1, 0.15) is 23.6 Å². The number of nitrogens with one attached hydrogen (secondary N) is 1. The first-order valence-electron chi connectivity index (χ1n) is 9.31. The fourth-order valence-corrected chi connectivity index (χ4v) is 3.31. The van der Waals surface area contributed by atoms with Crippen LogP contribution in [0.3, 0.4) is 0 Å². The molecule has 0 spiro atoms. The second-order valence-corrected chi connectivity index (χ2v) is 6.90. The minimum absolute atomic E-state index is 0.188. The minimum atomic E-state index is -0.614. The zero-order chi connectivity index (χ0) is 21.3. The van der Waals surface area contributed by atoms with Gasteiger partial charge in [0.1, 0.15) is 17.7 Å². The van der Waals surface area contributed by atoms with Gasteiger partial charge in [-0.3, -0.25) is 14.2 Å². The summed E-state index contributed by atoms with van der Waals surface area (Å²) in [5.41, 5.74) is 2.37. The lowest BCUT2D eigenvalue weighted by atomic mass is 10.1. The molecule has 152 valence electrons. The molecule has 2 heterocycles. The molecule has 0 radical (unpaired) electrons. The number of anilines is 1. The Morgan fingerprint density at radius 3 is 2.62 bits per heavy atom. The largest absolute Gasteiger partial charge is 0.495 e. The molecule has 0 saturated heterocycles. The highest BCUT2D eigenvalue weighted by molar-refractivity contribution is 5.92. The molecule has 1 aromatic carbocycles. The van der Waals surface area contributed by atoms with Gasteiger partial charge in [0.15, 0.2) is 5.65 Å². The standard InChI is InChI=1S/C21H24N4O4/c1-6-14-10-22-19-17(18(14)29-5)20(27)25(21(28)24(19)4)11-16(26)23-15-9-7-8-12(2)13(15)3/h7-10H,6,11H2,1-5H3,(H,23,26). The fourth-order valence-electron chi connectivity index (χ4n) is 3.31. The summed E-state index contributed by atoms with van der Waals surface area (Å²) >= 11 is 0. The van der Waals surface area contributed by atoms with E-state index < -0.39 is 23.7 Å². The number of amides is 1. The van der Waals surface area contributed by atoms with Gasteiger partial charge in [0.05, 0.1) is 7.11 Å². The molecule has 3 aromatic rings. The maximum Gasteiger partial charge on any atom is 0.332 e. The Morgan fingerprint density at radius 1 is 1.24 bits per heavy atom.